The van der Waals surface area contributed by atoms with E-state index in [1.54, 1.807) is 7.11 Å². The van der Waals surface area contributed by atoms with Crippen molar-refractivity contribution in [1.82, 2.24) is 5.32 Å². The summed E-state index contributed by atoms with van der Waals surface area (Å²) in [5.74, 6) is 0.736. The molecule has 0 heterocycles. The lowest BCUT2D eigenvalue weighted by Crippen LogP contribution is -2.30. The Kier molecular flexibility index (Phi) is 14.1. The maximum Gasteiger partial charge on any atom is 0.0476 e. The largest absolute Gasteiger partial charge is 0.385 e. The summed E-state index contributed by atoms with van der Waals surface area (Å²) in [6.45, 7) is 12.6. The van der Waals surface area contributed by atoms with E-state index < -0.39 is 0 Å². The summed E-state index contributed by atoms with van der Waals surface area (Å²) in [4.78, 5) is 0. The van der Waals surface area contributed by atoms with E-state index >= 15 is 0 Å². The first-order valence-corrected chi connectivity index (χ1v) is 5.39. The van der Waals surface area contributed by atoms with Gasteiger partial charge in [-0.05, 0) is 25.8 Å². The van der Waals surface area contributed by atoms with Crippen LogP contribution < -0.4 is 5.32 Å². The maximum atomic E-state index is 4.98. The number of hydrogen-bond acceptors (Lipinski definition) is 2. The molecule has 0 spiro atoms. The van der Waals surface area contributed by atoms with Gasteiger partial charge in [0, 0.05) is 19.8 Å². The Morgan fingerprint density at radius 1 is 1.15 bits per heavy atom. The summed E-state index contributed by atoms with van der Waals surface area (Å²) in [6, 6.07) is 0.581. The molecule has 0 amide bonds. The van der Waals surface area contributed by atoms with Gasteiger partial charge in [0.05, 0.1) is 0 Å². The second kappa shape index (κ2) is 11.9. The predicted molar refractivity (Wildman–Crippen MR) is 60.1 cm³/mol. The van der Waals surface area contributed by atoms with Crippen LogP contribution in [0.4, 0.5) is 0 Å². The van der Waals surface area contributed by atoms with Crippen molar-refractivity contribution in [2.75, 3.05) is 20.3 Å². The molecule has 82 valence electrons. The van der Waals surface area contributed by atoms with Crippen molar-refractivity contribution < 1.29 is 4.74 Å². The first-order chi connectivity index (χ1) is 6.16. The van der Waals surface area contributed by atoms with Crippen molar-refractivity contribution in [3.8, 4) is 0 Å². The molecule has 0 saturated carbocycles. The summed E-state index contributed by atoms with van der Waals surface area (Å²) in [6.07, 6.45) is 1.10. The van der Waals surface area contributed by atoms with Crippen LogP contribution in [0.25, 0.3) is 0 Å². The average molecular weight is 189 g/mol. The zero-order chi connectivity index (χ0) is 10.7. The summed E-state index contributed by atoms with van der Waals surface area (Å²) >= 11 is 0. The Morgan fingerprint density at radius 3 is 2.08 bits per heavy atom. The molecule has 0 aliphatic carbocycles. The Balaban J connectivity index is 0. The van der Waals surface area contributed by atoms with Crippen molar-refractivity contribution in [1.29, 1.82) is 0 Å². The van der Waals surface area contributed by atoms with Gasteiger partial charge in [-0.15, -0.1) is 0 Å². The van der Waals surface area contributed by atoms with Crippen LogP contribution in [0.3, 0.4) is 0 Å². The zero-order valence-electron chi connectivity index (χ0n) is 10.2. The molecule has 0 saturated heterocycles. The van der Waals surface area contributed by atoms with Crippen molar-refractivity contribution >= 4 is 0 Å². The minimum absolute atomic E-state index is 0.581. The van der Waals surface area contributed by atoms with Crippen LogP contribution in [0.5, 0.6) is 0 Å². The van der Waals surface area contributed by atoms with E-state index in [2.05, 4.69) is 26.1 Å². The van der Waals surface area contributed by atoms with Gasteiger partial charge in [-0.3, -0.25) is 0 Å². The van der Waals surface area contributed by atoms with E-state index in [1.807, 2.05) is 13.8 Å². The lowest BCUT2D eigenvalue weighted by molar-refractivity contribution is 0.184. The topological polar surface area (TPSA) is 21.3 Å². The zero-order valence-corrected chi connectivity index (χ0v) is 10.2. The van der Waals surface area contributed by atoms with Crippen LogP contribution in [0.1, 0.15) is 41.0 Å². The third-order valence-corrected chi connectivity index (χ3v) is 1.63. The van der Waals surface area contributed by atoms with Gasteiger partial charge in [0.1, 0.15) is 0 Å². The van der Waals surface area contributed by atoms with Gasteiger partial charge in [-0.25, -0.2) is 0 Å². The molecular formula is C11H27NO. The molecule has 0 bridgehead atoms. The lowest BCUT2D eigenvalue weighted by Gasteiger charge is -2.14. The minimum atomic E-state index is 0.581. The number of rotatable bonds is 6. The van der Waals surface area contributed by atoms with Crippen LogP contribution >= 0.6 is 0 Å². The smallest absolute Gasteiger partial charge is 0.0476 e. The molecule has 0 radical (unpaired) electrons. The van der Waals surface area contributed by atoms with Crippen molar-refractivity contribution in [2.24, 2.45) is 5.92 Å². The third kappa shape index (κ3) is 14.7. The number of hydrogen-bond donors (Lipinski definition) is 1. The molecule has 0 rings (SSSR count). The molecule has 0 aliphatic heterocycles. The molecule has 2 heteroatoms. The fourth-order valence-corrected chi connectivity index (χ4v) is 0.834. The predicted octanol–water partition coefficient (Wildman–Crippen LogP) is 2.68. The van der Waals surface area contributed by atoms with Gasteiger partial charge in [-0.1, -0.05) is 27.7 Å². The van der Waals surface area contributed by atoms with Gasteiger partial charge in [-0.2, -0.15) is 0 Å². The third-order valence-electron chi connectivity index (χ3n) is 1.63. The van der Waals surface area contributed by atoms with Crippen LogP contribution in [0.15, 0.2) is 0 Å². The Labute approximate surface area is 84.1 Å². The summed E-state index contributed by atoms with van der Waals surface area (Å²) in [5.41, 5.74) is 0. The summed E-state index contributed by atoms with van der Waals surface area (Å²) < 4.78 is 4.98. The number of ether oxygens (including phenoxy) is 1. The van der Waals surface area contributed by atoms with Crippen molar-refractivity contribution in [2.45, 2.75) is 47.1 Å². The van der Waals surface area contributed by atoms with Crippen molar-refractivity contribution in [3.63, 3.8) is 0 Å². The number of methoxy groups -OCH3 is 1. The van der Waals surface area contributed by atoms with Crippen molar-refractivity contribution in [3.05, 3.63) is 0 Å². The Morgan fingerprint density at radius 2 is 1.69 bits per heavy atom. The first-order valence-electron chi connectivity index (χ1n) is 5.39. The van der Waals surface area contributed by atoms with Gasteiger partial charge < -0.3 is 10.1 Å². The van der Waals surface area contributed by atoms with Crippen LogP contribution in [0.2, 0.25) is 0 Å². The maximum absolute atomic E-state index is 4.98. The SMILES string of the molecule is CC.COCCC(C)NCC(C)C. The Hall–Kier alpha value is -0.0800. The van der Waals surface area contributed by atoms with E-state index in [1.165, 1.54) is 0 Å². The molecule has 1 unspecified atom stereocenters. The van der Waals surface area contributed by atoms with E-state index in [4.69, 9.17) is 4.74 Å². The highest BCUT2D eigenvalue weighted by molar-refractivity contribution is 4.60. The highest BCUT2D eigenvalue weighted by Gasteiger charge is 2.00. The quantitative estimate of drug-likeness (QED) is 0.693. The van der Waals surface area contributed by atoms with Gasteiger partial charge in [0.25, 0.3) is 0 Å². The lowest BCUT2D eigenvalue weighted by atomic mass is 10.2. The van der Waals surface area contributed by atoms with E-state index in [0.29, 0.717) is 6.04 Å². The highest BCUT2D eigenvalue weighted by Crippen LogP contribution is 1.93. The van der Waals surface area contributed by atoms with Crippen LogP contribution in [-0.2, 0) is 4.74 Å². The Bertz CT molecular complexity index is 84.2. The summed E-state index contributed by atoms with van der Waals surface area (Å²) in [5, 5.41) is 3.44. The summed E-state index contributed by atoms with van der Waals surface area (Å²) in [7, 11) is 1.75. The average Bonchev–Trinajstić information content (AvgIpc) is 2.14. The van der Waals surface area contributed by atoms with E-state index in [-0.39, 0.29) is 0 Å². The molecule has 0 fully saturated rings. The number of nitrogens with one attached hydrogen (secondary N) is 1. The molecular weight excluding hydrogens is 162 g/mol. The molecule has 2 nitrogen and oxygen atoms in total. The highest BCUT2D eigenvalue weighted by atomic mass is 16.5. The first kappa shape index (κ1) is 15.4. The van der Waals surface area contributed by atoms with E-state index in [0.717, 1.165) is 25.5 Å². The standard InChI is InChI=1S/C9H21NO.C2H6/c1-8(2)7-10-9(3)5-6-11-4;1-2/h8-10H,5-7H2,1-4H3;1-2H3. The normalized spacial score (nSPS) is 12.2. The van der Waals surface area contributed by atoms with Gasteiger partial charge in [0.2, 0.25) is 0 Å². The van der Waals surface area contributed by atoms with Gasteiger partial charge >= 0.3 is 0 Å². The molecule has 0 aliphatic rings. The fourth-order valence-electron chi connectivity index (χ4n) is 0.834. The van der Waals surface area contributed by atoms with Crippen LogP contribution in [0, 0.1) is 5.92 Å². The molecule has 0 aromatic rings. The molecule has 13 heavy (non-hydrogen) atoms. The van der Waals surface area contributed by atoms with Crippen LogP contribution in [-0.4, -0.2) is 26.3 Å². The molecule has 1 N–H and O–H groups in total. The molecule has 1 atom stereocenters. The molecule has 0 aromatic carbocycles. The molecule has 0 aromatic heterocycles. The fraction of sp³-hybridized carbons (Fsp3) is 1.00. The second-order valence-electron chi connectivity index (χ2n) is 3.48. The minimum Gasteiger partial charge on any atom is -0.385 e. The van der Waals surface area contributed by atoms with Gasteiger partial charge in [0.15, 0.2) is 0 Å². The monoisotopic (exact) mass is 189 g/mol. The van der Waals surface area contributed by atoms with E-state index in [9.17, 15) is 0 Å². The second-order valence-corrected chi connectivity index (χ2v) is 3.48.